The minimum absolute atomic E-state index is 0.0289. The van der Waals surface area contributed by atoms with Gasteiger partial charge in [-0.05, 0) is 48.4 Å². The maximum absolute atomic E-state index is 13.9. The number of nitrogens with zero attached hydrogens (tertiary/aromatic N) is 3. The van der Waals surface area contributed by atoms with Crippen LogP contribution in [0.4, 0.5) is 0 Å². The highest BCUT2D eigenvalue weighted by molar-refractivity contribution is 6.31. The summed E-state index contributed by atoms with van der Waals surface area (Å²) >= 11 is 12.4. The van der Waals surface area contributed by atoms with Crippen molar-refractivity contribution >= 4 is 40.0 Å². The first kappa shape index (κ1) is 25.7. The van der Waals surface area contributed by atoms with E-state index in [0.717, 1.165) is 47.4 Å². The first-order valence-corrected chi connectivity index (χ1v) is 13.7. The van der Waals surface area contributed by atoms with Crippen LogP contribution in [-0.4, -0.2) is 59.7 Å². The molecule has 0 saturated carbocycles. The molecular weight excluding hydrogens is 533 g/mol. The zero-order valence-corrected chi connectivity index (χ0v) is 22.7. The molecular formula is C31H27Cl2N3O3. The summed E-state index contributed by atoms with van der Waals surface area (Å²) < 4.78 is 11.2. The molecule has 1 unspecified atom stereocenters. The van der Waals surface area contributed by atoms with Gasteiger partial charge in [0, 0.05) is 47.2 Å². The normalized spacial score (nSPS) is 16.5. The third-order valence-electron chi connectivity index (χ3n) is 7.28. The van der Waals surface area contributed by atoms with Crippen LogP contribution in [-0.2, 0) is 15.9 Å². The number of amides is 1. The van der Waals surface area contributed by atoms with E-state index in [-0.39, 0.29) is 18.7 Å². The second-order valence-electron chi connectivity index (χ2n) is 9.71. The molecule has 1 amide bonds. The first-order valence-electron chi connectivity index (χ1n) is 12.9. The number of rotatable bonds is 6. The number of aromatic nitrogens is 1. The molecule has 1 saturated heterocycles. The maximum atomic E-state index is 13.9. The third-order valence-corrected chi connectivity index (χ3v) is 7.76. The fourth-order valence-corrected chi connectivity index (χ4v) is 5.52. The summed E-state index contributed by atoms with van der Waals surface area (Å²) in [5.74, 6) is 0.805. The van der Waals surface area contributed by atoms with Crippen molar-refractivity contribution in [3.63, 3.8) is 0 Å². The van der Waals surface area contributed by atoms with Crippen LogP contribution in [0.25, 0.3) is 22.2 Å². The standard InChI is InChI=1S/C31H27Cl2N3O3/c32-23-8-6-22(7-9-23)28-18-26(25-17-24(33)10-11-27(25)34-28)31(37)36-14-12-35(13-15-36)29(30-19-38-20-39-30)16-21-4-2-1-3-5-21/h1-11,17-19,29H,12-16,20H2. The summed E-state index contributed by atoms with van der Waals surface area (Å²) in [6.45, 7) is 2.88. The molecule has 1 fully saturated rings. The van der Waals surface area contributed by atoms with Crippen molar-refractivity contribution in [1.82, 2.24) is 14.8 Å². The number of carbonyl (C=O) groups is 1. The Kier molecular flexibility index (Phi) is 7.42. The van der Waals surface area contributed by atoms with Crippen LogP contribution < -0.4 is 0 Å². The van der Waals surface area contributed by atoms with Crippen LogP contribution >= 0.6 is 23.2 Å². The third kappa shape index (κ3) is 5.59. The average molecular weight is 560 g/mol. The number of benzene rings is 3. The SMILES string of the molecule is O=C(c1cc(-c2ccc(Cl)cc2)nc2ccc(Cl)cc12)N1CCN(C(Cc2ccccc2)C2=COCO2)CC1. The van der Waals surface area contributed by atoms with E-state index in [0.29, 0.717) is 28.7 Å². The highest BCUT2D eigenvalue weighted by Gasteiger charge is 2.32. The number of hydrogen-bond donors (Lipinski definition) is 0. The predicted octanol–water partition coefficient (Wildman–Crippen LogP) is 6.42. The molecule has 1 aromatic heterocycles. The number of hydrogen-bond acceptors (Lipinski definition) is 5. The number of ether oxygens (including phenoxy) is 2. The quantitative estimate of drug-likeness (QED) is 0.272. The van der Waals surface area contributed by atoms with Gasteiger partial charge in [-0.1, -0.05) is 65.7 Å². The molecule has 2 aliphatic rings. The van der Waals surface area contributed by atoms with Crippen molar-refractivity contribution in [2.24, 2.45) is 0 Å². The summed E-state index contributed by atoms with van der Waals surface area (Å²) in [5.41, 5.74) is 4.16. The van der Waals surface area contributed by atoms with Crippen molar-refractivity contribution in [3.05, 3.63) is 112 Å². The van der Waals surface area contributed by atoms with E-state index < -0.39 is 0 Å². The molecule has 0 N–H and O–H groups in total. The molecule has 0 bridgehead atoms. The van der Waals surface area contributed by atoms with E-state index in [4.69, 9.17) is 37.7 Å². The van der Waals surface area contributed by atoms with Gasteiger partial charge in [0.1, 0.15) is 6.26 Å². The topological polar surface area (TPSA) is 54.9 Å². The summed E-state index contributed by atoms with van der Waals surface area (Å²) in [5, 5.41) is 1.96. The van der Waals surface area contributed by atoms with Crippen molar-refractivity contribution < 1.29 is 14.3 Å². The number of carbonyl (C=O) groups excluding carboxylic acids is 1. The number of piperazine rings is 1. The summed E-state index contributed by atoms with van der Waals surface area (Å²) in [7, 11) is 0. The van der Waals surface area contributed by atoms with Crippen molar-refractivity contribution in [2.45, 2.75) is 12.5 Å². The van der Waals surface area contributed by atoms with Gasteiger partial charge >= 0.3 is 0 Å². The highest BCUT2D eigenvalue weighted by atomic mass is 35.5. The molecule has 3 heterocycles. The van der Waals surface area contributed by atoms with Gasteiger partial charge in [0.15, 0.2) is 5.76 Å². The Morgan fingerprint density at radius 3 is 2.36 bits per heavy atom. The van der Waals surface area contributed by atoms with Gasteiger partial charge in [0.05, 0.1) is 22.8 Å². The van der Waals surface area contributed by atoms with Gasteiger partial charge < -0.3 is 14.4 Å². The van der Waals surface area contributed by atoms with E-state index >= 15 is 0 Å². The summed E-state index contributed by atoms with van der Waals surface area (Å²) in [4.78, 5) is 23.0. The minimum Gasteiger partial charge on any atom is -0.462 e. The van der Waals surface area contributed by atoms with Gasteiger partial charge in [-0.3, -0.25) is 9.69 Å². The number of fused-ring (bicyclic) bond motifs is 1. The smallest absolute Gasteiger partial charge is 0.254 e. The summed E-state index contributed by atoms with van der Waals surface area (Å²) in [6.07, 6.45) is 2.53. The lowest BCUT2D eigenvalue weighted by Crippen LogP contribution is -2.53. The molecule has 198 valence electrons. The Morgan fingerprint density at radius 2 is 1.64 bits per heavy atom. The van der Waals surface area contributed by atoms with Gasteiger partial charge in [-0.15, -0.1) is 0 Å². The molecule has 4 aromatic rings. The van der Waals surface area contributed by atoms with E-state index in [1.807, 2.05) is 65.6 Å². The van der Waals surface area contributed by atoms with Crippen LogP contribution in [0, 0.1) is 0 Å². The zero-order chi connectivity index (χ0) is 26.8. The molecule has 0 radical (unpaired) electrons. The lowest BCUT2D eigenvalue weighted by Gasteiger charge is -2.39. The fraction of sp³-hybridized carbons (Fsp3) is 0.226. The Morgan fingerprint density at radius 1 is 0.897 bits per heavy atom. The Labute approximate surface area is 237 Å². The fourth-order valence-electron chi connectivity index (χ4n) is 5.22. The molecule has 0 spiro atoms. The maximum Gasteiger partial charge on any atom is 0.254 e. The van der Waals surface area contributed by atoms with Crippen molar-refractivity contribution in [3.8, 4) is 11.3 Å². The van der Waals surface area contributed by atoms with Crippen molar-refractivity contribution in [2.75, 3.05) is 33.0 Å². The van der Waals surface area contributed by atoms with E-state index in [1.54, 1.807) is 12.3 Å². The molecule has 0 aliphatic carbocycles. The molecule has 6 nitrogen and oxygen atoms in total. The van der Waals surface area contributed by atoms with Crippen LogP contribution in [0.15, 0.2) is 90.9 Å². The van der Waals surface area contributed by atoms with E-state index in [2.05, 4.69) is 17.0 Å². The van der Waals surface area contributed by atoms with Gasteiger partial charge in [0.2, 0.25) is 6.79 Å². The Balaban J connectivity index is 1.25. The highest BCUT2D eigenvalue weighted by Crippen LogP contribution is 2.30. The summed E-state index contributed by atoms with van der Waals surface area (Å²) in [6, 6.07) is 25.2. The second kappa shape index (κ2) is 11.3. The second-order valence-corrected chi connectivity index (χ2v) is 10.6. The van der Waals surface area contributed by atoms with Gasteiger partial charge in [-0.2, -0.15) is 0 Å². The van der Waals surface area contributed by atoms with Crippen LogP contribution in [0.5, 0.6) is 0 Å². The molecule has 1 atom stereocenters. The number of pyridine rings is 1. The monoisotopic (exact) mass is 559 g/mol. The van der Waals surface area contributed by atoms with Crippen LogP contribution in [0.3, 0.4) is 0 Å². The zero-order valence-electron chi connectivity index (χ0n) is 21.2. The van der Waals surface area contributed by atoms with E-state index in [9.17, 15) is 4.79 Å². The molecule has 3 aromatic carbocycles. The number of halogens is 2. The molecule has 2 aliphatic heterocycles. The lowest BCUT2D eigenvalue weighted by atomic mass is 10.0. The lowest BCUT2D eigenvalue weighted by molar-refractivity contribution is 0.0408. The van der Waals surface area contributed by atoms with Crippen LogP contribution in [0.2, 0.25) is 10.0 Å². The average Bonchev–Trinajstić information content (AvgIpc) is 3.51. The van der Waals surface area contributed by atoms with Gasteiger partial charge in [-0.25, -0.2) is 4.98 Å². The Hall–Kier alpha value is -3.58. The molecule has 39 heavy (non-hydrogen) atoms. The predicted molar refractivity (Wildman–Crippen MR) is 154 cm³/mol. The largest absolute Gasteiger partial charge is 0.462 e. The first-order chi connectivity index (χ1) is 19.0. The Bertz CT molecular complexity index is 1520. The minimum atomic E-state index is -0.0289. The van der Waals surface area contributed by atoms with E-state index in [1.165, 1.54) is 5.56 Å². The molecule has 8 heteroatoms. The van der Waals surface area contributed by atoms with Crippen molar-refractivity contribution in [1.29, 1.82) is 0 Å². The van der Waals surface area contributed by atoms with Crippen LogP contribution in [0.1, 0.15) is 15.9 Å². The van der Waals surface area contributed by atoms with Gasteiger partial charge in [0.25, 0.3) is 5.91 Å². The molecule has 6 rings (SSSR count).